The number of benzene rings is 2. The Hall–Kier alpha value is -3.12. The predicted molar refractivity (Wildman–Crippen MR) is 118 cm³/mol. The number of hydrogen-bond acceptors (Lipinski definition) is 2. The zero-order valence-electron chi connectivity index (χ0n) is 21.7. The smallest absolute Gasteiger partial charge is 0.213 e. The molecule has 2 aromatic carbocycles. The number of para-hydroxylation sites is 1. The molecule has 0 bridgehead atoms. The molecule has 146 valence electrons. The summed E-state index contributed by atoms with van der Waals surface area (Å²) in [6, 6.07) is 11.5. The SMILES string of the molecule is [2H]c1c(C([2H])([2H])C(C)(C)C)c([2H])c(-c2cc3oc4c(C#N)cccc4c3cc2C)[n+](C)c1C. The number of hydrogen-bond donors (Lipinski definition) is 0. The molecule has 0 saturated carbocycles. The Balaban J connectivity index is 2.09. The first-order valence-corrected chi connectivity index (χ1v) is 9.67. The van der Waals surface area contributed by atoms with Crippen LogP contribution in [0.2, 0.25) is 0 Å². The molecule has 4 aromatic rings. The summed E-state index contributed by atoms with van der Waals surface area (Å²) in [6.45, 7) is 9.08. The number of fused-ring (bicyclic) bond motifs is 3. The van der Waals surface area contributed by atoms with Crippen molar-refractivity contribution in [2.24, 2.45) is 12.5 Å². The number of nitriles is 1. The molecule has 0 aliphatic rings. The van der Waals surface area contributed by atoms with E-state index in [0.29, 0.717) is 28.1 Å². The molecule has 29 heavy (non-hydrogen) atoms. The van der Waals surface area contributed by atoms with Crippen molar-refractivity contribution in [2.45, 2.75) is 41.0 Å². The second-order valence-corrected chi connectivity index (χ2v) is 8.55. The average molecular weight is 388 g/mol. The van der Waals surface area contributed by atoms with Crippen LogP contribution in [0, 0.1) is 30.6 Å². The normalized spacial score (nSPS) is 14.4. The third-order valence-corrected chi connectivity index (χ3v) is 5.11. The van der Waals surface area contributed by atoms with Crippen LogP contribution >= 0.6 is 0 Å². The maximum Gasteiger partial charge on any atom is 0.213 e. The van der Waals surface area contributed by atoms with Gasteiger partial charge < -0.3 is 4.42 Å². The summed E-state index contributed by atoms with van der Waals surface area (Å²) in [5.74, 6) is 0. The number of aryl methyl sites for hydroxylation is 1. The third kappa shape index (κ3) is 3.40. The lowest BCUT2D eigenvalue weighted by molar-refractivity contribution is -0.666. The van der Waals surface area contributed by atoms with E-state index in [-0.39, 0.29) is 17.6 Å². The van der Waals surface area contributed by atoms with Gasteiger partial charge >= 0.3 is 0 Å². The van der Waals surface area contributed by atoms with Gasteiger partial charge in [0.25, 0.3) is 0 Å². The highest BCUT2D eigenvalue weighted by Gasteiger charge is 2.21. The summed E-state index contributed by atoms with van der Waals surface area (Å²) in [4.78, 5) is 0. The zero-order valence-corrected chi connectivity index (χ0v) is 17.7. The van der Waals surface area contributed by atoms with Crippen molar-refractivity contribution in [1.29, 1.82) is 5.26 Å². The fourth-order valence-electron chi connectivity index (χ4n) is 3.65. The number of pyridine rings is 1. The van der Waals surface area contributed by atoms with Gasteiger partial charge in [-0.25, -0.2) is 0 Å². The monoisotopic (exact) mass is 387 g/mol. The molecule has 0 saturated heterocycles. The van der Waals surface area contributed by atoms with Gasteiger partial charge in [-0.05, 0) is 48.0 Å². The van der Waals surface area contributed by atoms with E-state index < -0.39 is 11.8 Å². The first-order valence-electron chi connectivity index (χ1n) is 11.7. The quantitative estimate of drug-likeness (QED) is 0.387. The zero-order chi connectivity index (χ0) is 24.5. The Labute approximate surface area is 177 Å². The van der Waals surface area contributed by atoms with E-state index in [0.717, 1.165) is 21.9 Å². The van der Waals surface area contributed by atoms with Crippen molar-refractivity contribution in [1.82, 2.24) is 0 Å². The van der Waals surface area contributed by atoms with Crippen LogP contribution in [0.4, 0.5) is 0 Å². The summed E-state index contributed by atoms with van der Waals surface area (Å²) in [6.07, 6.45) is -1.88. The van der Waals surface area contributed by atoms with E-state index in [1.54, 1.807) is 45.4 Å². The topological polar surface area (TPSA) is 40.8 Å². The number of rotatable bonds is 2. The van der Waals surface area contributed by atoms with Gasteiger partial charge in [-0.15, -0.1) is 0 Å². The maximum atomic E-state index is 9.46. The van der Waals surface area contributed by atoms with Crippen LogP contribution < -0.4 is 4.57 Å². The minimum absolute atomic E-state index is 0.00398. The summed E-state index contributed by atoms with van der Waals surface area (Å²) < 4.78 is 43.1. The highest BCUT2D eigenvalue weighted by molar-refractivity contribution is 6.07. The molecule has 2 heterocycles. The predicted octanol–water partition coefficient (Wildman–Crippen LogP) is 6.15. The standard InChI is InChI=1S/C26H27N2O/c1-16-10-22-20-9-7-8-19(15-27)25(20)29-24(22)13-21(16)23-12-18(14-26(3,4)5)11-17(2)28(23)6/h7-13H,14H2,1-6H3/q+1/i11D,12D,14D2. The van der Waals surface area contributed by atoms with Crippen molar-refractivity contribution in [2.75, 3.05) is 0 Å². The Morgan fingerprint density at radius 3 is 2.62 bits per heavy atom. The second-order valence-electron chi connectivity index (χ2n) is 8.55. The number of furan rings is 1. The second kappa shape index (κ2) is 6.74. The summed E-state index contributed by atoms with van der Waals surface area (Å²) in [5.41, 5.74) is 3.64. The van der Waals surface area contributed by atoms with Gasteiger partial charge in [0.05, 0.1) is 13.9 Å². The van der Waals surface area contributed by atoms with E-state index in [9.17, 15) is 5.26 Å². The van der Waals surface area contributed by atoms with E-state index in [1.165, 1.54) is 0 Å². The summed E-state index contributed by atoms with van der Waals surface area (Å²) in [5, 5.41) is 11.2. The van der Waals surface area contributed by atoms with E-state index >= 15 is 0 Å². The van der Waals surface area contributed by atoms with E-state index in [4.69, 9.17) is 9.90 Å². The molecule has 2 aromatic heterocycles. The van der Waals surface area contributed by atoms with Gasteiger partial charge in [-0.2, -0.15) is 9.83 Å². The van der Waals surface area contributed by atoms with Crippen molar-refractivity contribution in [3.8, 4) is 17.3 Å². The first kappa shape index (κ1) is 14.8. The molecule has 0 aliphatic heterocycles. The fraction of sp³-hybridized carbons (Fsp3) is 0.308. The molecule has 0 spiro atoms. The molecule has 4 rings (SSSR count). The fourth-order valence-corrected chi connectivity index (χ4v) is 3.65. The van der Waals surface area contributed by atoms with Crippen LogP contribution in [0.1, 0.15) is 48.6 Å². The van der Waals surface area contributed by atoms with Crippen LogP contribution in [0.15, 0.2) is 46.8 Å². The van der Waals surface area contributed by atoms with Gasteiger partial charge in [0.2, 0.25) is 5.69 Å². The van der Waals surface area contributed by atoms with Gasteiger partial charge in [-0.1, -0.05) is 32.9 Å². The molecule has 0 amide bonds. The van der Waals surface area contributed by atoms with Crippen molar-refractivity contribution < 1.29 is 14.5 Å². The molecule has 0 radical (unpaired) electrons. The lowest BCUT2D eigenvalue weighted by Gasteiger charge is -2.18. The van der Waals surface area contributed by atoms with Gasteiger partial charge in [0.15, 0.2) is 11.3 Å². The Morgan fingerprint density at radius 2 is 1.93 bits per heavy atom. The summed E-state index contributed by atoms with van der Waals surface area (Å²) >= 11 is 0. The van der Waals surface area contributed by atoms with Crippen LogP contribution in [-0.4, -0.2) is 0 Å². The largest absolute Gasteiger partial charge is 0.455 e. The van der Waals surface area contributed by atoms with E-state index in [2.05, 4.69) is 6.07 Å². The molecule has 0 fully saturated rings. The average Bonchev–Trinajstić information content (AvgIpc) is 3.09. The Bertz CT molecular complexity index is 1490. The van der Waals surface area contributed by atoms with Crippen LogP contribution in [0.5, 0.6) is 0 Å². The highest BCUT2D eigenvalue weighted by atomic mass is 16.3. The molecule has 3 nitrogen and oxygen atoms in total. The van der Waals surface area contributed by atoms with Crippen LogP contribution in [0.3, 0.4) is 0 Å². The maximum absolute atomic E-state index is 9.46. The van der Waals surface area contributed by atoms with E-state index in [1.807, 2.05) is 31.2 Å². The molecule has 0 aliphatic carbocycles. The molecular weight excluding hydrogens is 356 g/mol. The first-order chi connectivity index (χ1) is 15.3. The van der Waals surface area contributed by atoms with Crippen LogP contribution in [-0.2, 0) is 13.4 Å². The van der Waals surface area contributed by atoms with Crippen LogP contribution in [0.25, 0.3) is 33.2 Å². The minimum Gasteiger partial charge on any atom is -0.455 e. The highest BCUT2D eigenvalue weighted by Crippen LogP contribution is 2.35. The number of nitrogens with zero attached hydrogens (tertiary/aromatic N) is 2. The molecular formula is C26H27N2O+. The van der Waals surface area contributed by atoms with Crippen molar-refractivity contribution in [3.63, 3.8) is 0 Å². The van der Waals surface area contributed by atoms with Crippen molar-refractivity contribution >= 4 is 21.9 Å². The van der Waals surface area contributed by atoms with Gasteiger partial charge in [0, 0.05) is 32.5 Å². The lowest BCUT2D eigenvalue weighted by Crippen LogP contribution is -2.35. The van der Waals surface area contributed by atoms with Crippen molar-refractivity contribution in [3.05, 3.63) is 64.8 Å². The molecule has 3 heteroatoms. The molecule has 0 atom stereocenters. The minimum atomic E-state index is -1.88. The Kier molecular flexibility index (Phi) is 3.44. The number of aromatic nitrogens is 1. The Morgan fingerprint density at radius 1 is 1.17 bits per heavy atom. The van der Waals surface area contributed by atoms with Gasteiger partial charge in [-0.3, -0.25) is 0 Å². The van der Waals surface area contributed by atoms with Gasteiger partial charge in [0.1, 0.15) is 18.7 Å². The molecule has 0 N–H and O–H groups in total. The molecule has 0 unspecified atom stereocenters. The summed E-state index contributed by atoms with van der Waals surface area (Å²) in [7, 11) is 1.80. The third-order valence-electron chi connectivity index (χ3n) is 5.11. The lowest BCUT2D eigenvalue weighted by atomic mass is 9.87.